The lowest BCUT2D eigenvalue weighted by atomic mass is 10.1. The first-order valence-corrected chi connectivity index (χ1v) is 7.60. The van der Waals surface area contributed by atoms with Crippen molar-refractivity contribution in [2.75, 3.05) is 6.61 Å². The summed E-state index contributed by atoms with van der Waals surface area (Å²) in [5, 5.41) is 2.81. The second-order valence-corrected chi connectivity index (χ2v) is 5.52. The van der Waals surface area contributed by atoms with E-state index in [9.17, 15) is 9.59 Å². The molecule has 2 aromatic rings. The molecule has 0 heterocycles. The summed E-state index contributed by atoms with van der Waals surface area (Å²) in [6.45, 7) is 3.61. The average molecular weight is 311 g/mol. The molecular weight excluding hydrogens is 290 g/mol. The summed E-state index contributed by atoms with van der Waals surface area (Å²) < 4.78 is 5.02. The molecule has 23 heavy (non-hydrogen) atoms. The van der Waals surface area contributed by atoms with Gasteiger partial charge in [0.1, 0.15) is 0 Å². The molecule has 0 spiro atoms. The Morgan fingerprint density at radius 3 is 2.35 bits per heavy atom. The maximum Gasteiger partial charge on any atom is 0.310 e. The third kappa shape index (κ3) is 5.58. The number of hydrogen-bond acceptors (Lipinski definition) is 3. The van der Waals surface area contributed by atoms with Gasteiger partial charge in [-0.05, 0) is 25.0 Å². The van der Waals surface area contributed by atoms with Gasteiger partial charge < -0.3 is 10.1 Å². The molecule has 0 aliphatic heterocycles. The van der Waals surface area contributed by atoms with Crippen LogP contribution >= 0.6 is 0 Å². The quantitative estimate of drug-likeness (QED) is 0.835. The third-order valence-electron chi connectivity index (χ3n) is 3.51. The normalized spacial score (nSPS) is 11.6. The fourth-order valence-electron chi connectivity index (χ4n) is 2.18. The van der Waals surface area contributed by atoms with E-state index in [4.69, 9.17) is 4.74 Å². The minimum atomic E-state index is -0.406. The van der Waals surface area contributed by atoms with Crippen LogP contribution in [0.25, 0.3) is 0 Å². The van der Waals surface area contributed by atoms with Crippen LogP contribution in [0, 0.1) is 6.92 Å². The van der Waals surface area contributed by atoms with E-state index in [1.165, 1.54) is 0 Å². The number of amides is 1. The van der Waals surface area contributed by atoms with E-state index in [2.05, 4.69) is 5.32 Å². The zero-order valence-electron chi connectivity index (χ0n) is 13.4. The molecule has 4 heteroatoms. The average Bonchev–Trinajstić information content (AvgIpc) is 2.56. The number of carbonyl (C=O) groups is 2. The van der Waals surface area contributed by atoms with Crippen LogP contribution in [0.5, 0.6) is 0 Å². The Hall–Kier alpha value is -2.62. The Bertz CT molecular complexity index is 650. The maximum absolute atomic E-state index is 11.8. The van der Waals surface area contributed by atoms with E-state index in [0.717, 1.165) is 16.7 Å². The predicted molar refractivity (Wildman–Crippen MR) is 88.8 cm³/mol. The largest absolute Gasteiger partial charge is 0.455 e. The van der Waals surface area contributed by atoms with E-state index >= 15 is 0 Å². The molecule has 2 aromatic carbocycles. The van der Waals surface area contributed by atoms with Crippen molar-refractivity contribution in [2.45, 2.75) is 26.3 Å². The molecule has 0 radical (unpaired) electrons. The van der Waals surface area contributed by atoms with E-state index in [-0.39, 0.29) is 25.0 Å². The van der Waals surface area contributed by atoms with Crippen molar-refractivity contribution in [1.82, 2.24) is 5.32 Å². The summed E-state index contributed by atoms with van der Waals surface area (Å²) in [4.78, 5) is 23.6. The molecule has 0 bridgehead atoms. The van der Waals surface area contributed by atoms with Crippen molar-refractivity contribution in [3.63, 3.8) is 0 Å². The molecule has 0 aliphatic carbocycles. The van der Waals surface area contributed by atoms with Gasteiger partial charge in [-0.15, -0.1) is 0 Å². The SMILES string of the molecule is Cc1ccc(CC(=O)OCC(=O)N[C@@H](C)c2ccccc2)cc1. The molecule has 1 amide bonds. The fourth-order valence-corrected chi connectivity index (χ4v) is 2.18. The minimum Gasteiger partial charge on any atom is -0.455 e. The van der Waals surface area contributed by atoms with Crippen LogP contribution in [-0.2, 0) is 20.7 Å². The van der Waals surface area contributed by atoms with Gasteiger partial charge in [-0.1, -0.05) is 60.2 Å². The van der Waals surface area contributed by atoms with E-state index in [1.807, 2.05) is 68.4 Å². The fraction of sp³-hybridized carbons (Fsp3) is 0.263. The van der Waals surface area contributed by atoms with Crippen molar-refractivity contribution >= 4 is 11.9 Å². The van der Waals surface area contributed by atoms with Gasteiger partial charge >= 0.3 is 5.97 Å². The van der Waals surface area contributed by atoms with Crippen molar-refractivity contribution in [1.29, 1.82) is 0 Å². The van der Waals surface area contributed by atoms with Gasteiger partial charge in [0, 0.05) is 0 Å². The van der Waals surface area contributed by atoms with Crippen molar-refractivity contribution in [3.05, 3.63) is 71.3 Å². The highest BCUT2D eigenvalue weighted by Crippen LogP contribution is 2.10. The zero-order valence-corrected chi connectivity index (χ0v) is 13.4. The van der Waals surface area contributed by atoms with Gasteiger partial charge in [0.2, 0.25) is 0 Å². The highest BCUT2D eigenvalue weighted by molar-refractivity contribution is 5.81. The number of ether oxygens (including phenoxy) is 1. The number of benzene rings is 2. The van der Waals surface area contributed by atoms with Crippen LogP contribution in [-0.4, -0.2) is 18.5 Å². The van der Waals surface area contributed by atoms with E-state index in [1.54, 1.807) is 0 Å². The van der Waals surface area contributed by atoms with Crippen molar-refractivity contribution in [3.8, 4) is 0 Å². The van der Waals surface area contributed by atoms with Gasteiger partial charge in [0.15, 0.2) is 6.61 Å². The predicted octanol–water partition coefficient (Wildman–Crippen LogP) is 2.96. The van der Waals surface area contributed by atoms with Gasteiger partial charge in [-0.25, -0.2) is 0 Å². The molecule has 4 nitrogen and oxygen atoms in total. The molecule has 0 fully saturated rings. The van der Waals surface area contributed by atoms with E-state index in [0.29, 0.717) is 0 Å². The second kappa shape index (κ2) is 8.13. The third-order valence-corrected chi connectivity index (χ3v) is 3.51. The number of hydrogen-bond donors (Lipinski definition) is 1. The molecule has 1 atom stereocenters. The molecule has 0 aliphatic rings. The first-order chi connectivity index (χ1) is 11.0. The van der Waals surface area contributed by atoms with Crippen LogP contribution in [0.15, 0.2) is 54.6 Å². The number of rotatable bonds is 6. The Morgan fingerprint density at radius 1 is 1.04 bits per heavy atom. The molecular formula is C19H21NO3. The molecule has 0 unspecified atom stereocenters. The van der Waals surface area contributed by atoms with Crippen molar-refractivity contribution in [2.24, 2.45) is 0 Å². The first-order valence-electron chi connectivity index (χ1n) is 7.60. The lowest BCUT2D eigenvalue weighted by molar-refractivity contribution is -0.148. The highest BCUT2D eigenvalue weighted by Gasteiger charge is 2.12. The summed E-state index contributed by atoms with van der Waals surface area (Å²) in [7, 11) is 0. The second-order valence-electron chi connectivity index (χ2n) is 5.52. The molecule has 0 aromatic heterocycles. The zero-order chi connectivity index (χ0) is 16.7. The van der Waals surface area contributed by atoms with Crippen LogP contribution in [0.3, 0.4) is 0 Å². The van der Waals surface area contributed by atoms with Crippen LogP contribution < -0.4 is 5.32 Å². The molecule has 1 N–H and O–H groups in total. The van der Waals surface area contributed by atoms with Gasteiger partial charge in [-0.3, -0.25) is 9.59 Å². The Labute approximate surface area is 136 Å². The summed E-state index contributed by atoms with van der Waals surface area (Å²) >= 11 is 0. The molecule has 2 rings (SSSR count). The Balaban J connectivity index is 1.75. The first kappa shape index (κ1) is 16.7. The van der Waals surface area contributed by atoms with Crippen LogP contribution in [0.4, 0.5) is 0 Å². The molecule has 0 saturated carbocycles. The lowest BCUT2D eigenvalue weighted by Gasteiger charge is -2.14. The lowest BCUT2D eigenvalue weighted by Crippen LogP contribution is -2.31. The molecule has 120 valence electrons. The summed E-state index contributed by atoms with van der Waals surface area (Å²) in [6.07, 6.45) is 0.168. The Kier molecular flexibility index (Phi) is 5.92. The van der Waals surface area contributed by atoms with E-state index < -0.39 is 5.97 Å². The van der Waals surface area contributed by atoms with Gasteiger partial charge in [0.05, 0.1) is 12.5 Å². The smallest absolute Gasteiger partial charge is 0.310 e. The highest BCUT2D eigenvalue weighted by atomic mass is 16.5. The number of carbonyl (C=O) groups excluding carboxylic acids is 2. The number of esters is 1. The monoisotopic (exact) mass is 311 g/mol. The van der Waals surface area contributed by atoms with Crippen LogP contribution in [0.1, 0.15) is 29.7 Å². The minimum absolute atomic E-state index is 0.125. The summed E-state index contributed by atoms with van der Waals surface area (Å²) in [5.74, 6) is -0.713. The van der Waals surface area contributed by atoms with Gasteiger partial charge in [0.25, 0.3) is 5.91 Å². The Morgan fingerprint density at radius 2 is 1.70 bits per heavy atom. The van der Waals surface area contributed by atoms with Gasteiger partial charge in [-0.2, -0.15) is 0 Å². The molecule has 0 saturated heterocycles. The number of aryl methyl sites for hydroxylation is 1. The maximum atomic E-state index is 11.8. The topological polar surface area (TPSA) is 55.4 Å². The van der Waals surface area contributed by atoms with Crippen LogP contribution in [0.2, 0.25) is 0 Å². The number of nitrogens with one attached hydrogen (secondary N) is 1. The van der Waals surface area contributed by atoms with Crippen molar-refractivity contribution < 1.29 is 14.3 Å². The summed E-state index contributed by atoms with van der Waals surface area (Å²) in [5.41, 5.74) is 3.02. The standard InChI is InChI=1S/C19H21NO3/c1-14-8-10-16(11-9-14)12-19(22)23-13-18(21)20-15(2)17-6-4-3-5-7-17/h3-11,15H,12-13H2,1-2H3,(H,20,21)/t15-/m0/s1. The summed E-state index contributed by atoms with van der Waals surface area (Å²) in [6, 6.07) is 17.2.